The molecule has 0 bridgehead atoms. The van der Waals surface area contributed by atoms with E-state index < -0.39 is 5.51 Å². The van der Waals surface area contributed by atoms with Gasteiger partial charge in [0.15, 0.2) is 0 Å². The molecule has 0 nitrogen and oxygen atoms in total. The van der Waals surface area contributed by atoms with E-state index in [-0.39, 0.29) is 16.7 Å². The summed E-state index contributed by atoms with van der Waals surface area (Å²) in [6.07, 6.45) is 2.14. The molecule has 16 heavy (non-hydrogen) atoms. The number of benzene rings is 1. The van der Waals surface area contributed by atoms with E-state index in [9.17, 15) is 13.2 Å². The second-order valence-electron chi connectivity index (χ2n) is 3.59. The Labute approximate surface area is 96.2 Å². The summed E-state index contributed by atoms with van der Waals surface area (Å²) >= 11 is -0.103. The molecule has 0 aromatic heterocycles. The topological polar surface area (TPSA) is 0 Å². The van der Waals surface area contributed by atoms with Gasteiger partial charge in [-0.15, -0.1) is 0 Å². The summed E-state index contributed by atoms with van der Waals surface area (Å²) in [6, 6.07) is 6.38. The van der Waals surface area contributed by atoms with Crippen LogP contribution in [0, 0.1) is 17.8 Å². The highest BCUT2D eigenvalue weighted by Gasteiger charge is 2.30. The second kappa shape index (κ2) is 4.42. The molecular weight excluding hydrogens is 233 g/mol. The summed E-state index contributed by atoms with van der Waals surface area (Å²) in [6.45, 7) is 0. The van der Waals surface area contributed by atoms with Gasteiger partial charge in [-0.2, -0.15) is 13.2 Å². The van der Waals surface area contributed by atoms with Gasteiger partial charge in [-0.25, -0.2) is 0 Å². The predicted molar refractivity (Wildman–Crippen MR) is 58.0 cm³/mol. The fourth-order valence-corrected chi connectivity index (χ4v) is 1.82. The summed E-state index contributed by atoms with van der Waals surface area (Å²) in [7, 11) is 0. The Kier molecular flexibility index (Phi) is 3.15. The zero-order chi connectivity index (χ0) is 11.6. The third-order valence-electron chi connectivity index (χ3n) is 2.10. The first-order valence-electron chi connectivity index (χ1n) is 4.91. The highest BCUT2D eigenvalue weighted by Crippen LogP contribution is 2.38. The van der Waals surface area contributed by atoms with Crippen molar-refractivity contribution >= 4 is 11.8 Å². The Balaban J connectivity index is 2.20. The summed E-state index contributed by atoms with van der Waals surface area (Å²) < 4.78 is 36.7. The molecule has 0 spiro atoms. The van der Waals surface area contributed by atoms with Gasteiger partial charge >= 0.3 is 5.51 Å². The van der Waals surface area contributed by atoms with E-state index in [0.29, 0.717) is 11.5 Å². The lowest BCUT2D eigenvalue weighted by molar-refractivity contribution is -0.0328. The minimum absolute atomic E-state index is 0.103. The van der Waals surface area contributed by atoms with Gasteiger partial charge in [0, 0.05) is 16.4 Å². The normalized spacial score (nSPS) is 15.4. The van der Waals surface area contributed by atoms with Gasteiger partial charge in [-0.1, -0.05) is 24.0 Å². The molecule has 0 radical (unpaired) electrons. The van der Waals surface area contributed by atoms with Crippen LogP contribution in [0.25, 0.3) is 0 Å². The van der Waals surface area contributed by atoms with Crippen LogP contribution in [0.4, 0.5) is 13.2 Å². The van der Waals surface area contributed by atoms with Crippen molar-refractivity contribution < 1.29 is 13.2 Å². The number of halogens is 3. The van der Waals surface area contributed by atoms with Crippen LogP contribution in [0.1, 0.15) is 18.4 Å². The van der Waals surface area contributed by atoms with Crippen molar-refractivity contribution in [3.8, 4) is 11.8 Å². The largest absolute Gasteiger partial charge is 0.446 e. The Morgan fingerprint density at radius 2 is 1.88 bits per heavy atom. The molecule has 1 saturated carbocycles. The highest BCUT2D eigenvalue weighted by molar-refractivity contribution is 8.00. The lowest BCUT2D eigenvalue weighted by Gasteiger charge is -2.06. The standard InChI is InChI=1S/C12H9F3S/c13-12(14,15)16-11-4-2-1-3-10(11)8-7-9-5-6-9/h1-4,9H,5-6H2. The maximum atomic E-state index is 12.2. The Morgan fingerprint density at radius 1 is 1.19 bits per heavy atom. The average Bonchev–Trinajstić information content (AvgIpc) is 2.98. The predicted octanol–water partition coefficient (Wildman–Crippen LogP) is 4.06. The van der Waals surface area contributed by atoms with E-state index >= 15 is 0 Å². The Morgan fingerprint density at radius 3 is 2.50 bits per heavy atom. The summed E-state index contributed by atoms with van der Waals surface area (Å²) in [4.78, 5) is 0.183. The first-order valence-corrected chi connectivity index (χ1v) is 5.72. The van der Waals surface area contributed by atoms with Gasteiger partial charge in [0.2, 0.25) is 0 Å². The molecule has 0 heterocycles. The summed E-state index contributed by atoms with van der Waals surface area (Å²) in [5, 5.41) is 0. The molecule has 0 atom stereocenters. The molecule has 1 aromatic rings. The van der Waals surface area contributed by atoms with Crippen molar-refractivity contribution in [2.75, 3.05) is 0 Å². The fourth-order valence-electron chi connectivity index (χ4n) is 1.19. The van der Waals surface area contributed by atoms with Crippen LogP contribution in [0.5, 0.6) is 0 Å². The molecule has 4 heteroatoms. The molecule has 0 aliphatic heterocycles. The van der Waals surface area contributed by atoms with Crippen molar-refractivity contribution in [1.29, 1.82) is 0 Å². The van der Waals surface area contributed by atoms with Gasteiger partial charge in [-0.05, 0) is 36.7 Å². The number of rotatable bonds is 1. The number of hydrogen-bond donors (Lipinski definition) is 0. The summed E-state index contributed by atoms with van der Waals surface area (Å²) in [5.74, 6) is 6.19. The van der Waals surface area contributed by atoms with Crippen LogP contribution in [-0.4, -0.2) is 5.51 Å². The highest BCUT2D eigenvalue weighted by atomic mass is 32.2. The first kappa shape index (κ1) is 11.4. The molecule has 1 aromatic carbocycles. The quantitative estimate of drug-likeness (QED) is 0.528. The minimum Gasteiger partial charge on any atom is -0.160 e. The van der Waals surface area contributed by atoms with Crippen molar-refractivity contribution in [2.24, 2.45) is 5.92 Å². The average molecular weight is 242 g/mol. The van der Waals surface area contributed by atoms with Crippen LogP contribution in [-0.2, 0) is 0 Å². The van der Waals surface area contributed by atoms with Crippen LogP contribution < -0.4 is 0 Å². The SMILES string of the molecule is FC(F)(F)Sc1ccccc1C#CC1CC1. The van der Waals surface area contributed by atoms with Crippen LogP contribution in [0.3, 0.4) is 0 Å². The molecule has 0 N–H and O–H groups in total. The molecular formula is C12H9F3S. The maximum Gasteiger partial charge on any atom is 0.446 e. The van der Waals surface area contributed by atoms with E-state index in [4.69, 9.17) is 0 Å². The van der Waals surface area contributed by atoms with Crippen molar-refractivity contribution in [2.45, 2.75) is 23.2 Å². The van der Waals surface area contributed by atoms with Gasteiger partial charge in [0.25, 0.3) is 0 Å². The molecule has 0 amide bonds. The third kappa shape index (κ3) is 3.49. The van der Waals surface area contributed by atoms with E-state index in [1.165, 1.54) is 6.07 Å². The maximum absolute atomic E-state index is 12.2. The van der Waals surface area contributed by atoms with Crippen molar-refractivity contribution in [1.82, 2.24) is 0 Å². The smallest absolute Gasteiger partial charge is 0.160 e. The number of thioether (sulfide) groups is 1. The minimum atomic E-state index is -4.25. The molecule has 1 aliphatic carbocycles. The Hall–Kier alpha value is -1.08. The molecule has 84 valence electrons. The van der Waals surface area contributed by atoms with Gasteiger partial charge in [0.1, 0.15) is 0 Å². The number of alkyl halides is 3. The third-order valence-corrected chi connectivity index (χ3v) is 2.91. The molecule has 1 fully saturated rings. The molecule has 0 unspecified atom stereocenters. The van der Waals surface area contributed by atoms with E-state index in [0.717, 1.165) is 12.8 Å². The van der Waals surface area contributed by atoms with Gasteiger partial charge in [-0.3, -0.25) is 0 Å². The first-order chi connectivity index (χ1) is 7.54. The monoisotopic (exact) mass is 242 g/mol. The second-order valence-corrected chi connectivity index (χ2v) is 4.69. The Bertz CT molecular complexity index is 436. The van der Waals surface area contributed by atoms with Crippen molar-refractivity contribution in [3.05, 3.63) is 29.8 Å². The van der Waals surface area contributed by atoms with E-state index in [2.05, 4.69) is 11.8 Å². The zero-order valence-corrected chi connectivity index (χ0v) is 9.16. The lowest BCUT2D eigenvalue weighted by atomic mass is 10.2. The zero-order valence-electron chi connectivity index (χ0n) is 8.34. The van der Waals surface area contributed by atoms with Gasteiger partial charge in [0.05, 0.1) is 0 Å². The lowest BCUT2D eigenvalue weighted by Crippen LogP contribution is -2.00. The van der Waals surface area contributed by atoms with Crippen molar-refractivity contribution in [3.63, 3.8) is 0 Å². The molecule has 0 saturated heterocycles. The van der Waals surface area contributed by atoms with E-state index in [1.54, 1.807) is 18.2 Å². The van der Waals surface area contributed by atoms with E-state index in [1.807, 2.05) is 0 Å². The van der Waals surface area contributed by atoms with Gasteiger partial charge < -0.3 is 0 Å². The molecule has 2 rings (SSSR count). The molecule has 1 aliphatic rings. The fraction of sp³-hybridized carbons (Fsp3) is 0.333. The summed E-state index contributed by atoms with van der Waals surface area (Å²) in [5.41, 5.74) is -3.78. The van der Waals surface area contributed by atoms with Crippen LogP contribution >= 0.6 is 11.8 Å². The van der Waals surface area contributed by atoms with Crippen LogP contribution in [0.15, 0.2) is 29.2 Å². The number of hydrogen-bond acceptors (Lipinski definition) is 1. The van der Waals surface area contributed by atoms with Crippen LogP contribution in [0.2, 0.25) is 0 Å².